The second-order valence-electron chi connectivity index (χ2n) is 7.80. The molecule has 0 aromatic carbocycles. The van der Waals surface area contributed by atoms with Crippen LogP contribution in [0.3, 0.4) is 0 Å². The summed E-state index contributed by atoms with van der Waals surface area (Å²) in [7, 11) is 0. The Morgan fingerprint density at radius 1 is 0.950 bits per heavy atom. The van der Waals surface area contributed by atoms with Crippen LogP contribution >= 0.6 is 0 Å². The van der Waals surface area contributed by atoms with E-state index in [1.807, 2.05) is 6.08 Å². The van der Waals surface area contributed by atoms with Crippen molar-refractivity contribution in [2.45, 2.75) is 57.0 Å². The molecule has 0 aromatic heterocycles. The van der Waals surface area contributed by atoms with E-state index in [4.69, 9.17) is 5.73 Å². The predicted molar refractivity (Wildman–Crippen MR) is 78.8 cm³/mol. The van der Waals surface area contributed by atoms with Crippen LogP contribution in [0.5, 0.6) is 0 Å². The zero-order valence-electron chi connectivity index (χ0n) is 12.1. The van der Waals surface area contributed by atoms with Crippen molar-refractivity contribution in [3.8, 4) is 0 Å². The van der Waals surface area contributed by atoms with Gasteiger partial charge in [0.2, 0.25) is 5.91 Å². The van der Waals surface area contributed by atoms with E-state index in [2.05, 4.69) is 11.4 Å². The molecule has 3 nitrogen and oxygen atoms in total. The Balaban J connectivity index is 1.34. The lowest BCUT2D eigenvalue weighted by Crippen LogP contribution is -2.50. The van der Waals surface area contributed by atoms with Crippen molar-refractivity contribution in [1.29, 1.82) is 0 Å². The van der Waals surface area contributed by atoms with E-state index in [0.29, 0.717) is 18.0 Å². The van der Waals surface area contributed by atoms with Crippen molar-refractivity contribution in [2.75, 3.05) is 0 Å². The van der Waals surface area contributed by atoms with Crippen molar-refractivity contribution < 1.29 is 4.79 Å². The van der Waals surface area contributed by atoms with Gasteiger partial charge in [-0.05, 0) is 80.6 Å². The standard InChI is InChI=1S/C17H26N2O/c18-14-8-15(9-14)19-17(20)2-1-16-12-4-10-3-11(6-12)7-13(16)5-10/h1-2,10-16H,3-9,18H2,(H,19,20)/b2-1+. The Morgan fingerprint density at radius 3 is 2.10 bits per heavy atom. The van der Waals surface area contributed by atoms with Crippen molar-refractivity contribution in [3.05, 3.63) is 12.2 Å². The molecule has 0 spiro atoms. The predicted octanol–water partition coefficient (Wildman–Crippen LogP) is 2.22. The van der Waals surface area contributed by atoms with E-state index >= 15 is 0 Å². The molecule has 5 fully saturated rings. The van der Waals surface area contributed by atoms with Crippen LogP contribution < -0.4 is 11.1 Å². The number of carbonyl (C=O) groups is 1. The average molecular weight is 274 g/mol. The van der Waals surface area contributed by atoms with Crippen LogP contribution in [-0.4, -0.2) is 18.0 Å². The second-order valence-corrected chi connectivity index (χ2v) is 7.80. The van der Waals surface area contributed by atoms with Gasteiger partial charge in [0.1, 0.15) is 0 Å². The first-order chi connectivity index (χ1) is 9.67. The molecule has 0 unspecified atom stereocenters. The molecule has 0 saturated heterocycles. The molecule has 0 heterocycles. The van der Waals surface area contributed by atoms with Gasteiger partial charge >= 0.3 is 0 Å². The monoisotopic (exact) mass is 274 g/mol. The molecular formula is C17H26N2O. The molecule has 0 aromatic rings. The van der Waals surface area contributed by atoms with E-state index < -0.39 is 0 Å². The van der Waals surface area contributed by atoms with Gasteiger partial charge in [0, 0.05) is 12.1 Å². The zero-order valence-corrected chi connectivity index (χ0v) is 12.1. The van der Waals surface area contributed by atoms with Crippen LogP contribution in [0.1, 0.15) is 44.9 Å². The van der Waals surface area contributed by atoms with Crippen molar-refractivity contribution in [1.82, 2.24) is 5.32 Å². The lowest BCUT2D eigenvalue weighted by Gasteiger charge is -2.53. The maximum Gasteiger partial charge on any atom is 0.243 e. The van der Waals surface area contributed by atoms with Crippen LogP contribution in [0.25, 0.3) is 0 Å². The largest absolute Gasteiger partial charge is 0.350 e. The normalized spacial score (nSPS) is 49.4. The minimum Gasteiger partial charge on any atom is -0.350 e. The highest BCUT2D eigenvalue weighted by Gasteiger charge is 2.47. The minimum atomic E-state index is 0.0932. The summed E-state index contributed by atoms with van der Waals surface area (Å²) < 4.78 is 0. The van der Waals surface area contributed by atoms with Gasteiger partial charge in [-0.3, -0.25) is 4.79 Å². The van der Waals surface area contributed by atoms with Crippen LogP contribution in [0.2, 0.25) is 0 Å². The van der Waals surface area contributed by atoms with Crippen molar-refractivity contribution >= 4 is 5.91 Å². The molecule has 3 heteroatoms. The molecule has 5 aliphatic carbocycles. The number of amides is 1. The van der Waals surface area contributed by atoms with E-state index in [1.54, 1.807) is 0 Å². The minimum absolute atomic E-state index is 0.0932. The molecule has 20 heavy (non-hydrogen) atoms. The third-order valence-corrected chi connectivity index (χ3v) is 6.29. The highest BCUT2D eigenvalue weighted by Crippen LogP contribution is 2.56. The molecule has 5 rings (SSSR count). The maximum atomic E-state index is 11.9. The summed E-state index contributed by atoms with van der Waals surface area (Å²) in [4.78, 5) is 11.9. The Kier molecular flexibility index (Phi) is 3.13. The fraction of sp³-hybridized carbons (Fsp3) is 0.824. The van der Waals surface area contributed by atoms with Gasteiger partial charge in [-0.15, -0.1) is 0 Å². The summed E-state index contributed by atoms with van der Waals surface area (Å²) in [6, 6.07) is 0.620. The SMILES string of the molecule is NC1CC(NC(=O)/C=C/C2C3CC4CC(C3)CC2C4)C1. The first-order valence-electron chi connectivity index (χ1n) is 8.41. The molecule has 0 aliphatic heterocycles. The first-order valence-corrected chi connectivity index (χ1v) is 8.41. The average Bonchev–Trinajstić information content (AvgIpc) is 2.35. The number of rotatable bonds is 3. The number of nitrogens with one attached hydrogen (secondary N) is 1. The lowest BCUT2D eigenvalue weighted by molar-refractivity contribution is -0.117. The van der Waals surface area contributed by atoms with Gasteiger partial charge in [0.15, 0.2) is 0 Å². The fourth-order valence-electron chi connectivity index (χ4n) is 5.51. The molecule has 4 bridgehead atoms. The third-order valence-electron chi connectivity index (χ3n) is 6.29. The number of allylic oxidation sites excluding steroid dienone is 1. The van der Waals surface area contributed by atoms with Crippen LogP contribution in [0.4, 0.5) is 0 Å². The van der Waals surface area contributed by atoms with Crippen molar-refractivity contribution in [3.63, 3.8) is 0 Å². The fourth-order valence-corrected chi connectivity index (χ4v) is 5.51. The summed E-state index contributed by atoms with van der Waals surface area (Å²) >= 11 is 0. The topological polar surface area (TPSA) is 55.1 Å². The lowest BCUT2D eigenvalue weighted by atomic mass is 9.52. The first kappa shape index (κ1) is 12.9. The Hall–Kier alpha value is -0.830. The van der Waals surface area contributed by atoms with Gasteiger partial charge < -0.3 is 11.1 Å². The van der Waals surface area contributed by atoms with Crippen LogP contribution in [0, 0.1) is 29.6 Å². The Morgan fingerprint density at radius 2 is 1.55 bits per heavy atom. The molecule has 1 amide bonds. The highest BCUT2D eigenvalue weighted by atomic mass is 16.1. The second kappa shape index (κ2) is 4.87. The van der Waals surface area contributed by atoms with Crippen LogP contribution in [-0.2, 0) is 4.79 Å². The van der Waals surface area contributed by atoms with E-state index in [0.717, 1.165) is 36.5 Å². The van der Waals surface area contributed by atoms with Gasteiger partial charge in [0.05, 0.1) is 0 Å². The Bertz CT molecular complexity index is 397. The Labute approximate surface area is 121 Å². The van der Waals surface area contributed by atoms with Gasteiger partial charge in [-0.25, -0.2) is 0 Å². The van der Waals surface area contributed by atoms with Gasteiger partial charge in [-0.2, -0.15) is 0 Å². The number of nitrogens with two attached hydrogens (primary N) is 1. The quantitative estimate of drug-likeness (QED) is 0.775. The molecular weight excluding hydrogens is 248 g/mol. The highest BCUT2D eigenvalue weighted by molar-refractivity contribution is 5.87. The summed E-state index contributed by atoms with van der Waals surface area (Å²) in [5.41, 5.74) is 5.75. The molecule has 110 valence electrons. The molecule has 0 atom stereocenters. The molecule has 5 aliphatic rings. The van der Waals surface area contributed by atoms with Crippen molar-refractivity contribution in [2.24, 2.45) is 35.3 Å². The third kappa shape index (κ3) is 2.30. The molecule has 5 saturated carbocycles. The number of hydrogen-bond acceptors (Lipinski definition) is 2. The molecule has 3 N–H and O–H groups in total. The summed E-state index contributed by atoms with van der Waals surface area (Å²) in [5.74, 6) is 4.52. The van der Waals surface area contributed by atoms with Gasteiger partial charge in [0.25, 0.3) is 0 Å². The maximum absolute atomic E-state index is 11.9. The summed E-state index contributed by atoms with van der Waals surface area (Å²) in [5, 5.41) is 3.06. The number of carbonyl (C=O) groups excluding carboxylic acids is 1. The van der Waals surface area contributed by atoms with Gasteiger partial charge in [-0.1, -0.05) is 6.08 Å². The zero-order chi connectivity index (χ0) is 13.7. The van der Waals surface area contributed by atoms with Crippen LogP contribution in [0.15, 0.2) is 12.2 Å². The van der Waals surface area contributed by atoms with E-state index in [1.165, 1.54) is 32.1 Å². The van der Waals surface area contributed by atoms with E-state index in [-0.39, 0.29) is 5.91 Å². The van der Waals surface area contributed by atoms with E-state index in [9.17, 15) is 4.79 Å². The summed E-state index contributed by atoms with van der Waals surface area (Å²) in [6.45, 7) is 0. The number of hydrogen-bond donors (Lipinski definition) is 2. The molecule has 0 radical (unpaired) electrons. The summed E-state index contributed by atoms with van der Waals surface area (Å²) in [6.07, 6.45) is 13.1. The smallest absolute Gasteiger partial charge is 0.243 e.